The molecule has 3 rings (SSSR count). The van der Waals surface area contributed by atoms with Gasteiger partial charge in [0.25, 0.3) is 17.5 Å². The lowest BCUT2D eigenvalue weighted by atomic mass is 10.1. The minimum Gasteiger partial charge on any atom is -0.267 e. The fraction of sp³-hybridized carbons (Fsp3) is 0. The molecule has 1 fully saturated rings. The zero-order chi connectivity index (χ0) is 18.1. The van der Waals surface area contributed by atoms with Gasteiger partial charge in [-0.1, -0.05) is 22.0 Å². The minimum absolute atomic E-state index is 0.0976. The molecule has 25 heavy (non-hydrogen) atoms. The second-order valence-electron chi connectivity index (χ2n) is 5.08. The molecule has 0 radical (unpaired) electrons. The molecule has 7 nitrogen and oxygen atoms in total. The molecule has 0 saturated carbocycles. The lowest BCUT2D eigenvalue weighted by molar-refractivity contribution is -0.385. The van der Waals surface area contributed by atoms with E-state index < -0.39 is 16.7 Å². The molecule has 0 unspecified atom stereocenters. The predicted molar refractivity (Wildman–Crippen MR) is 98.5 cm³/mol. The molecule has 2 aromatic carbocycles. The molecule has 1 aliphatic rings. The van der Waals surface area contributed by atoms with Crippen molar-refractivity contribution in [2.45, 2.75) is 0 Å². The number of anilines is 1. The van der Waals surface area contributed by atoms with Crippen molar-refractivity contribution in [3.05, 3.63) is 72.7 Å². The van der Waals surface area contributed by atoms with Gasteiger partial charge in [-0.25, -0.2) is 5.01 Å². The molecule has 1 saturated heterocycles. The Bertz CT molecular complexity index is 925. The number of rotatable bonds is 3. The summed E-state index contributed by atoms with van der Waals surface area (Å²) in [4.78, 5) is 35.1. The van der Waals surface area contributed by atoms with Crippen LogP contribution in [0, 0.1) is 10.1 Å². The highest BCUT2D eigenvalue weighted by molar-refractivity contribution is 9.10. The Morgan fingerprint density at radius 2 is 1.76 bits per heavy atom. The second-order valence-corrected chi connectivity index (χ2v) is 6.85. The van der Waals surface area contributed by atoms with Gasteiger partial charge in [0.15, 0.2) is 0 Å². The Labute approximate surface area is 158 Å². The maximum atomic E-state index is 12.5. The van der Waals surface area contributed by atoms with Crippen LogP contribution in [0.2, 0.25) is 0 Å². The largest absolute Gasteiger partial charge is 0.284 e. The van der Waals surface area contributed by atoms with Gasteiger partial charge < -0.3 is 0 Å². The predicted octanol–water partition coefficient (Wildman–Crippen LogP) is 3.58. The molecule has 2 aromatic rings. The van der Waals surface area contributed by atoms with Crippen molar-refractivity contribution in [1.82, 2.24) is 5.43 Å². The van der Waals surface area contributed by atoms with Crippen LogP contribution in [-0.4, -0.2) is 16.7 Å². The molecule has 0 aromatic heterocycles. The first-order chi connectivity index (χ1) is 11.9. The van der Waals surface area contributed by atoms with E-state index in [1.807, 2.05) is 0 Å². The summed E-state index contributed by atoms with van der Waals surface area (Å²) in [6.07, 6.45) is 1.33. The quantitative estimate of drug-likeness (QED) is 0.324. The molecule has 2 amide bonds. The normalized spacial score (nSPS) is 15.6. The van der Waals surface area contributed by atoms with Crippen LogP contribution in [0.15, 0.2) is 57.0 Å². The number of hydrazine groups is 1. The molecule has 0 atom stereocenters. The lowest BCUT2D eigenvalue weighted by Gasteiger charge is -2.14. The number of nitro groups is 1. The fourth-order valence-electron chi connectivity index (χ4n) is 2.26. The summed E-state index contributed by atoms with van der Waals surface area (Å²) in [6, 6.07) is 11.2. The monoisotopic (exact) mass is 465 g/mol. The molecular formula is C16H9Br2N3O4. The summed E-state index contributed by atoms with van der Waals surface area (Å²) < 4.78 is 1.16. The summed E-state index contributed by atoms with van der Waals surface area (Å²) in [5.41, 5.74) is 3.12. The van der Waals surface area contributed by atoms with Gasteiger partial charge in [-0.15, -0.1) is 0 Å². The average Bonchev–Trinajstić information content (AvgIpc) is 2.85. The number of nitrogens with one attached hydrogen (secondary N) is 1. The summed E-state index contributed by atoms with van der Waals surface area (Å²) in [5, 5.41) is 12.1. The van der Waals surface area contributed by atoms with Gasteiger partial charge in [-0.3, -0.25) is 25.1 Å². The van der Waals surface area contributed by atoms with E-state index in [-0.39, 0.29) is 11.3 Å². The van der Waals surface area contributed by atoms with Crippen molar-refractivity contribution in [2.24, 2.45) is 0 Å². The van der Waals surface area contributed by atoms with Gasteiger partial charge in [0.05, 0.1) is 15.1 Å². The molecule has 1 aliphatic heterocycles. The Hall–Kier alpha value is -2.52. The third-order valence-corrected chi connectivity index (χ3v) is 4.65. The molecule has 1 N–H and O–H groups in total. The van der Waals surface area contributed by atoms with Gasteiger partial charge in [-0.2, -0.15) is 0 Å². The van der Waals surface area contributed by atoms with Gasteiger partial charge in [0.2, 0.25) is 0 Å². The first kappa shape index (κ1) is 17.3. The molecule has 0 spiro atoms. The number of halogens is 2. The number of carbonyl (C=O) groups excluding carboxylic acids is 2. The van der Waals surface area contributed by atoms with Crippen LogP contribution in [0.25, 0.3) is 6.08 Å². The van der Waals surface area contributed by atoms with E-state index in [1.165, 1.54) is 18.2 Å². The van der Waals surface area contributed by atoms with E-state index in [9.17, 15) is 19.7 Å². The van der Waals surface area contributed by atoms with Crippen molar-refractivity contribution < 1.29 is 14.5 Å². The first-order valence-corrected chi connectivity index (χ1v) is 8.52. The Morgan fingerprint density at radius 3 is 2.40 bits per heavy atom. The SMILES string of the molecule is O=C1NN(c2ccc(Br)cc2)C(=O)/C1=C/c1ccc(Br)c([N+](=O)[O-])c1. The molecule has 0 aliphatic carbocycles. The highest BCUT2D eigenvalue weighted by Crippen LogP contribution is 2.28. The van der Waals surface area contributed by atoms with Crippen LogP contribution in [0.4, 0.5) is 11.4 Å². The Kier molecular flexibility index (Phi) is 4.69. The maximum absolute atomic E-state index is 12.5. The van der Waals surface area contributed by atoms with Gasteiger partial charge >= 0.3 is 0 Å². The number of nitrogens with zero attached hydrogens (tertiary/aromatic N) is 2. The topological polar surface area (TPSA) is 92.6 Å². The maximum Gasteiger partial charge on any atom is 0.284 e. The van der Waals surface area contributed by atoms with Crippen LogP contribution in [-0.2, 0) is 9.59 Å². The van der Waals surface area contributed by atoms with Crippen molar-refractivity contribution in [3.8, 4) is 0 Å². The highest BCUT2D eigenvalue weighted by Gasteiger charge is 2.34. The first-order valence-electron chi connectivity index (χ1n) is 6.93. The minimum atomic E-state index is -0.571. The number of nitro benzene ring substituents is 1. The zero-order valence-corrected chi connectivity index (χ0v) is 15.6. The highest BCUT2D eigenvalue weighted by atomic mass is 79.9. The van der Waals surface area contributed by atoms with Crippen molar-refractivity contribution in [1.29, 1.82) is 0 Å². The summed E-state index contributed by atoms with van der Waals surface area (Å²) in [5.74, 6) is -1.10. The lowest BCUT2D eigenvalue weighted by Crippen LogP contribution is -2.35. The van der Waals surface area contributed by atoms with Crippen LogP contribution >= 0.6 is 31.9 Å². The number of hydrogen-bond acceptors (Lipinski definition) is 4. The Balaban J connectivity index is 1.95. The van der Waals surface area contributed by atoms with Crippen LogP contribution in [0.3, 0.4) is 0 Å². The fourth-order valence-corrected chi connectivity index (χ4v) is 2.91. The van der Waals surface area contributed by atoms with E-state index >= 15 is 0 Å². The van der Waals surface area contributed by atoms with E-state index in [0.29, 0.717) is 15.7 Å². The number of carbonyl (C=O) groups is 2. The number of amides is 2. The summed E-state index contributed by atoms with van der Waals surface area (Å²) in [6.45, 7) is 0. The molecule has 1 heterocycles. The van der Waals surface area contributed by atoms with E-state index in [0.717, 1.165) is 9.48 Å². The number of benzene rings is 2. The molecular weight excluding hydrogens is 458 g/mol. The molecule has 0 bridgehead atoms. The van der Waals surface area contributed by atoms with Gasteiger partial charge in [0.1, 0.15) is 5.57 Å². The molecule has 9 heteroatoms. The van der Waals surface area contributed by atoms with Crippen LogP contribution in [0.5, 0.6) is 0 Å². The van der Waals surface area contributed by atoms with Gasteiger partial charge in [-0.05, 0) is 57.9 Å². The smallest absolute Gasteiger partial charge is 0.267 e. The standard InChI is InChI=1S/C16H9Br2N3O4/c17-10-2-4-11(5-3-10)20-16(23)12(15(22)19-20)7-9-1-6-13(18)14(8-9)21(24)25/h1-8H,(H,19,22)/b12-7+. The average molecular weight is 467 g/mol. The van der Waals surface area contributed by atoms with Crippen molar-refractivity contribution in [2.75, 3.05) is 5.01 Å². The van der Waals surface area contributed by atoms with Gasteiger partial charge in [0, 0.05) is 10.5 Å². The van der Waals surface area contributed by atoms with E-state index in [1.54, 1.807) is 30.3 Å². The zero-order valence-electron chi connectivity index (χ0n) is 12.4. The van der Waals surface area contributed by atoms with Crippen molar-refractivity contribution >= 4 is 61.1 Å². The van der Waals surface area contributed by atoms with E-state index in [2.05, 4.69) is 37.3 Å². The van der Waals surface area contributed by atoms with Crippen molar-refractivity contribution in [3.63, 3.8) is 0 Å². The van der Waals surface area contributed by atoms with E-state index in [4.69, 9.17) is 0 Å². The third-order valence-electron chi connectivity index (χ3n) is 3.45. The third kappa shape index (κ3) is 3.47. The summed E-state index contributed by atoms with van der Waals surface area (Å²) >= 11 is 6.39. The second kappa shape index (κ2) is 6.77. The Morgan fingerprint density at radius 1 is 1.08 bits per heavy atom. The van der Waals surface area contributed by atoms with Crippen LogP contribution in [0.1, 0.15) is 5.56 Å². The summed E-state index contributed by atoms with van der Waals surface area (Å²) in [7, 11) is 0. The van der Waals surface area contributed by atoms with Crippen LogP contribution < -0.4 is 10.4 Å². The molecule has 126 valence electrons. The number of hydrogen-bond donors (Lipinski definition) is 1.